The number of hydrogen-bond donors (Lipinski definition) is 2. The molecule has 8 nitrogen and oxygen atoms in total. The molecular weight excluding hydrogens is 431 g/mol. The Morgan fingerprint density at radius 1 is 1.22 bits per heavy atom. The number of aromatic nitrogens is 3. The van der Waals surface area contributed by atoms with Gasteiger partial charge in [0.15, 0.2) is 5.69 Å². The number of hydrogen-bond acceptors (Lipinski definition) is 7. The van der Waals surface area contributed by atoms with Gasteiger partial charge in [0.25, 0.3) is 5.91 Å². The molecule has 3 aromatic rings. The van der Waals surface area contributed by atoms with Crippen LogP contribution < -0.4 is 10.6 Å². The standard InChI is InChI=1S/C22H23FN6O2S/c1-11-5-17-19(32-11)18(21(31)29-9-16(10-29)26-20(30)13-3-4-13)28-22(27-17)25-12(2)14-6-15(23)8-24-7-14/h5-8,12-13,16H,3-4,9-10H2,1-2H3,(H,26,30)(H,25,27,28). The third-order valence-corrected chi connectivity index (χ3v) is 6.78. The molecule has 2 aliphatic rings. The zero-order valence-corrected chi connectivity index (χ0v) is 18.6. The Labute approximate surface area is 188 Å². The lowest BCUT2D eigenvalue weighted by atomic mass is 10.1. The highest BCUT2D eigenvalue weighted by atomic mass is 32.1. The molecule has 32 heavy (non-hydrogen) atoms. The van der Waals surface area contributed by atoms with Gasteiger partial charge in [0, 0.05) is 30.1 Å². The van der Waals surface area contributed by atoms with Crippen molar-refractivity contribution in [2.24, 2.45) is 5.92 Å². The lowest BCUT2D eigenvalue weighted by molar-refractivity contribution is -0.123. The Balaban J connectivity index is 1.35. The van der Waals surface area contributed by atoms with Gasteiger partial charge in [-0.05, 0) is 44.4 Å². The van der Waals surface area contributed by atoms with Crippen molar-refractivity contribution >= 4 is 39.3 Å². The number of rotatable bonds is 6. The minimum atomic E-state index is -0.419. The molecule has 1 aliphatic heterocycles. The molecule has 4 heterocycles. The van der Waals surface area contributed by atoms with Crippen molar-refractivity contribution in [1.29, 1.82) is 0 Å². The highest BCUT2D eigenvalue weighted by Crippen LogP contribution is 2.31. The van der Waals surface area contributed by atoms with E-state index in [9.17, 15) is 14.0 Å². The lowest BCUT2D eigenvalue weighted by Crippen LogP contribution is -2.61. The molecule has 5 rings (SSSR count). The molecule has 1 aliphatic carbocycles. The van der Waals surface area contributed by atoms with E-state index in [4.69, 9.17) is 0 Å². The molecule has 166 valence electrons. The van der Waals surface area contributed by atoms with Crippen LogP contribution in [0.15, 0.2) is 24.5 Å². The van der Waals surface area contributed by atoms with Gasteiger partial charge >= 0.3 is 0 Å². The summed E-state index contributed by atoms with van der Waals surface area (Å²) in [5.74, 6) is -0.0567. The van der Waals surface area contributed by atoms with Crippen LogP contribution in [-0.4, -0.2) is 50.8 Å². The minimum Gasteiger partial charge on any atom is -0.350 e. The molecule has 0 aromatic carbocycles. The molecule has 2 fully saturated rings. The van der Waals surface area contributed by atoms with Crippen molar-refractivity contribution in [3.8, 4) is 0 Å². The van der Waals surface area contributed by atoms with E-state index < -0.39 is 5.82 Å². The number of anilines is 1. The SMILES string of the molecule is Cc1cc2nc(NC(C)c3cncc(F)c3)nc(C(=O)N3CC(NC(=O)C4CC4)C3)c2s1. The van der Waals surface area contributed by atoms with Crippen LogP contribution in [0.4, 0.5) is 10.3 Å². The number of halogens is 1. The predicted molar refractivity (Wildman–Crippen MR) is 119 cm³/mol. The summed E-state index contributed by atoms with van der Waals surface area (Å²) < 4.78 is 14.3. The molecule has 1 saturated heterocycles. The number of likely N-dealkylation sites (tertiary alicyclic amines) is 1. The third kappa shape index (κ3) is 4.14. The highest BCUT2D eigenvalue weighted by molar-refractivity contribution is 7.19. The first-order valence-corrected chi connectivity index (χ1v) is 11.4. The van der Waals surface area contributed by atoms with Gasteiger partial charge in [-0.2, -0.15) is 0 Å². The molecule has 0 radical (unpaired) electrons. The summed E-state index contributed by atoms with van der Waals surface area (Å²) in [6, 6.07) is 3.02. The normalized spacial score (nSPS) is 17.2. The van der Waals surface area contributed by atoms with Crippen LogP contribution >= 0.6 is 11.3 Å². The van der Waals surface area contributed by atoms with E-state index in [-0.39, 0.29) is 29.8 Å². The van der Waals surface area contributed by atoms with Gasteiger partial charge in [-0.25, -0.2) is 14.4 Å². The summed E-state index contributed by atoms with van der Waals surface area (Å²) in [5, 5.41) is 6.16. The van der Waals surface area contributed by atoms with E-state index in [1.54, 1.807) is 11.1 Å². The van der Waals surface area contributed by atoms with Crippen molar-refractivity contribution in [1.82, 2.24) is 25.2 Å². The second kappa shape index (κ2) is 8.09. The van der Waals surface area contributed by atoms with Crippen LogP contribution in [0.25, 0.3) is 10.2 Å². The number of nitrogens with one attached hydrogen (secondary N) is 2. The zero-order valence-electron chi connectivity index (χ0n) is 17.8. The second-order valence-corrected chi connectivity index (χ2v) is 9.72. The molecular formula is C22H23FN6O2S. The van der Waals surface area contributed by atoms with E-state index in [1.807, 2.05) is 19.9 Å². The van der Waals surface area contributed by atoms with E-state index in [2.05, 4.69) is 25.6 Å². The van der Waals surface area contributed by atoms with Crippen molar-refractivity contribution in [2.75, 3.05) is 18.4 Å². The van der Waals surface area contributed by atoms with Gasteiger partial charge in [0.1, 0.15) is 5.82 Å². The number of aryl methyl sites for hydroxylation is 1. The summed E-state index contributed by atoms with van der Waals surface area (Å²) in [6.07, 6.45) is 4.64. The van der Waals surface area contributed by atoms with Gasteiger partial charge in [0.2, 0.25) is 11.9 Å². The largest absolute Gasteiger partial charge is 0.350 e. The first-order valence-electron chi connectivity index (χ1n) is 10.6. The van der Waals surface area contributed by atoms with E-state index >= 15 is 0 Å². The quantitative estimate of drug-likeness (QED) is 0.594. The van der Waals surface area contributed by atoms with Gasteiger partial charge < -0.3 is 15.5 Å². The number of nitrogens with zero attached hydrogens (tertiary/aromatic N) is 4. The van der Waals surface area contributed by atoms with Gasteiger partial charge in [-0.15, -0.1) is 11.3 Å². The van der Waals surface area contributed by atoms with Crippen LogP contribution in [0.3, 0.4) is 0 Å². The van der Waals surface area contributed by atoms with Gasteiger partial charge in [-0.1, -0.05) is 0 Å². The molecule has 2 N–H and O–H groups in total. The molecule has 3 aromatic heterocycles. The van der Waals surface area contributed by atoms with Crippen LogP contribution in [0, 0.1) is 18.7 Å². The molecule has 1 unspecified atom stereocenters. The lowest BCUT2D eigenvalue weighted by Gasteiger charge is -2.39. The van der Waals surface area contributed by atoms with Crippen molar-refractivity contribution in [2.45, 2.75) is 38.8 Å². The van der Waals surface area contributed by atoms with E-state index in [0.29, 0.717) is 35.8 Å². The number of fused-ring (bicyclic) bond motifs is 1. The minimum absolute atomic E-state index is 0.00690. The maximum Gasteiger partial charge on any atom is 0.274 e. The van der Waals surface area contributed by atoms with Gasteiger partial charge in [-0.3, -0.25) is 14.6 Å². The topological polar surface area (TPSA) is 100 Å². The summed E-state index contributed by atoms with van der Waals surface area (Å²) in [6.45, 7) is 4.76. The molecule has 10 heteroatoms. The number of thiophene rings is 1. The predicted octanol–water partition coefficient (Wildman–Crippen LogP) is 3.06. The maximum absolute atomic E-state index is 13.5. The van der Waals surface area contributed by atoms with Gasteiger partial charge in [0.05, 0.1) is 28.5 Å². The number of pyridine rings is 1. The Morgan fingerprint density at radius 2 is 2.00 bits per heavy atom. The van der Waals surface area contributed by atoms with Crippen LogP contribution in [0.1, 0.15) is 46.7 Å². The Bertz CT molecular complexity index is 1200. The molecule has 0 spiro atoms. The second-order valence-electron chi connectivity index (χ2n) is 8.46. The van der Waals surface area contributed by atoms with Crippen molar-refractivity contribution in [3.63, 3.8) is 0 Å². The summed E-state index contributed by atoms with van der Waals surface area (Å²) in [4.78, 5) is 40.9. The molecule has 1 atom stereocenters. The van der Waals surface area contributed by atoms with Crippen LogP contribution in [0.5, 0.6) is 0 Å². The fourth-order valence-electron chi connectivity index (χ4n) is 3.75. The third-order valence-electron chi connectivity index (χ3n) is 5.73. The Hall–Kier alpha value is -3.14. The zero-order chi connectivity index (χ0) is 22.4. The number of carbonyl (C=O) groups is 2. The average Bonchev–Trinajstić information content (AvgIpc) is 3.51. The van der Waals surface area contributed by atoms with Crippen LogP contribution in [0.2, 0.25) is 0 Å². The number of carbonyl (C=O) groups excluding carboxylic acids is 2. The van der Waals surface area contributed by atoms with E-state index in [0.717, 1.165) is 28.6 Å². The molecule has 1 saturated carbocycles. The number of amides is 2. The maximum atomic E-state index is 13.5. The fraction of sp³-hybridized carbons (Fsp3) is 0.409. The first-order chi connectivity index (χ1) is 15.4. The molecule has 2 amide bonds. The Morgan fingerprint density at radius 3 is 2.72 bits per heavy atom. The van der Waals surface area contributed by atoms with Crippen molar-refractivity contribution < 1.29 is 14.0 Å². The fourth-order valence-corrected chi connectivity index (χ4v) is 4.68. The highest BCUT2D eigenvalue weighted by Gasteiger charge is 2.37. The smallest absolute Gasteiger partial charge is 0.274 e. The van der Waals surface area contributed by atoms with Crippen LogP contribution in [-0.2, 0) is 4.79 Å². The van der Waals surface area contributed by atoms with Crippen molar-refractivity contribution in [3.05, 3.63) is 46.5 Å². The molecule has 0 bridgehead atoms. The summed E-state index contributed by atoms with van der Waals surface area (Å²) >= 11 is 1.48. The average molecular weight is 455 g/mol. The summed E-state index contributed by atoms with van der Waals surface area (Å²) in [5.41, 5.74) is 1.68. The summed E-state index contributed by atoms with van der Waals surface area (Å²) in [7, 11) is 0. The first kappa shape index (κ1) is 20.7. The Kier molecular flexibility index (Phi) is 5.24. The monoisotopic (exact) mass is 454 g/mol. The van der Waals surface area contributed by atoms with E-state index in [1.165, 1.54) is 17.4 Å².